The van der Waals surface area contributed by atoms with E-state index in [1.54, 1.807) is 0 Å². The molecule has 0 spiro atoms. The fourth-order valence-electron chi connectivity index (χ4n) is 4.28. The second-order valence-electron chi connectivity index (χ2n) is 7.49. The van der Waals surface area contributed by atoms with Crippen LogP contribution in [0.5, 0.6) is 0 Å². The summed E-state index contributed by atoms with van der Waals surface area (Å²) in [4.78, 5) is 11.3. The Bertz CT molecular complexity index is 519. The maximum absolute atomic E-state index is 11.3. The molecule has 6 fully saturated rings. The van der Waals surface area contributed by atoms with Gasteiger partial charge in [-0.1, -0.05) is 0 Å². The average Bonchev–Trinajstić information content (AvgIpc) is 2.63. The first-order valence-corrected chi connectivity index (χ1v) is 9.35. The number of rotatable bonds is 3. The van der Waals surface area contributed by atoms with Crippen LogP contribution in [0.4, 0.5) is 0 Å². The van der Waals surface area contributed by atoms with Crippen molar-refractivity contribution in [2.45, 2.75) is 74.7 Å². The SMILES string of the molecule is CC(=O)NC[C@H]1O[C@@H]2C3[C@@H](CO)OC(CCCO[C@H]1[C@H](O)[C@H]2O)[C@H](O)[C@H]3O. The Morgan fingerprint density at radius 1 is 1.00 bits per heavy atom. The smallest absolute Gasteiger partial charge is 0.216 e. The summed E-state index contributed by atoms with van der Waals surface area (Å²) in [5.41, 5.74) is 0. The second kappa shape index (κ2) is 8.66. The van der Waals surface area contributed by atoms with Gasteiger partial charge in [0.1, 0.15) is 30.5 Å². The summed E-state index contributed by atoms with van der Waals surface area (Å²) in [5.74, 6) is -1.26. The lowest BCUT2D eigenvalue weighted by Crippen LogP contribution is -2.68. The van der Waals surface area contributed by atoms with Crippen LogP contribution in [0.15, 0.2) is 0 Å². The van der Waals surface area contributed by atoms with Gasteiger partial charge in [0.25, 0.3) is 0 Å². The first kappa shape index (κ1) is 20.9. The zero-order valence-corrected chi connectivity index (χ0v) is 15.2. The summed E-state index contributed by atoms with van der Waals surface area (Å²) in [6.07, 6.45) is -8.75. The lowest BCUT2D eigenvalue weighted by Gasteiger charge is -2.51. The van der Waals surface area contributed by atoms with Crippen LogP contribution in [0, 0.1) is 5.92 Å². The van der Waals surface area contributed by atoms with E-state index in [-0.39, 0.29) is 19.1 Å². The molecule has 10 nitrogen and oxygen atoms in total. The van der Waals surface area contributed by atoms with E-state index in [0.29, 0.717) is 12.8 Å². The van der Waals surface area contributed by atoms with E-state index in [9.17, 15) is 30.3 Å². The highest BCUT2D eigenvalue weighted by atomic mass is 16.6. The van der Waals surface area contributed by atoms with Gasteiger partial charge in [-0.3, -0.25) is 4.79 Å². The third-order valence-corrected chi connectivity index (χ3v) is 5.68. The normalized spacial score (nSPS) is 47.9. The number of nitrogens with one attached hydrogen (secondary N) is 1. The molecule has 1 amide bonds. The zero-order valence-electron chi connectivity index (χ0n) is 15.2. The molecule has 27 heavy (non-hydrogen) atoms. The Morgan fingerprint density at radius 2 is 1.70 bits per heavy atom. The van der Waals surface area contributed by atoms with Crippen molar-refractivity contribution in [2.75, 3.05) is 19.8 Å². The minimum atomic E-state index is -1.43. The van der Waals surface area contributed by atoms with Gasteiger partial charge in [0.05, 0.1) is 31.0 Å². The predicted molar refractivity (Wildman–Crippen MR) is 89.6 cm³/mol. The Morgan fingerprint density at radius 3 is 2.37 bits per heavy atom. The van der Waals surface area contributed by atoms with E-state index in [1.807, 2.05) is 0 Å². The zero-order chi connectivity index (χ0) is 19.7. The Kier molecular flexibility index (Phi) is 6.70. The highest BCUT2D eigenvalue weighted by Crippen LogP contribution is 2.37. The lowest BCUT2D eigenvalue weighted by atomic mass is 9.77. The molecule has 6 N–H and O–H groups in total. The molecule has 6 rings (SSSR count). The second-order valence-corrected chi connectivity index (χ2v) is 7.49. The molecule has 156 valence electrons. The molecule has 0 aromatic rings. The molecular formula is C17H29NO9. The van der Waals surface area contributed by atoms with Gasteiger partial charge in [-0.2, -0.15) is 0 Å². The monoisotopic (exact) mass is 391 g/mol. The molecule has 0 aromatic heterocycles. The van der Waals surface area contributed by atoms with E-state index in [1.165, 1.54) is 6.92 Å². The molecule has 0 saturated carbocycles. The van der Waals surface area contributed by atoms with Gasteiger partial charge >= 0.3 is 0 Å². The summed E-state index contributed by atoms with van der Waals surface area (Å²) >= 11 is 0. The van der Waals surface area contributed by atoms with Crippen LogP contribution in [0.2, 0.25) is 0 Å². The third-order valence-electron chi connectivity index (χ3n) is 5.68. The van der Waals surface area contributed by atoms with Crippen molar-refractivity contribution in [3.63, 3.8) is 0 Å². The highest BCUT2D eigenvalue weighted by Gasteiger charge is 2.55. The number of carbonyl (C=O) groups is 1. The van der Waals surface area contributed by atoms with Crippen LogP contribution >= 0.6 is 0 Å². The average molecular weight is 391 g/mol. The number of hydrogen-bond acceptors (Lipinski definition) is 9. The Balaban J connectivity index is 1.93. The first-order chi connectivity index (χ1) is 12.8. The number of ether oxygens (including phenoxy) is 3. The molecule has 0 aliphatic carbocycles. The summed E-state index contributed by atoms with van der Waals surface area (Å²) < 4.78 is 17.4. The number of amides is 1. The molecule has 0 aromatic carbocycles. The fourth-order valence-corrected chi connectivity index (χ4v) is 4.28. The number of aliphatic hydroxyl groups excluding tert-OH is 5. The van der Waals surface area contributed by atoms with Crippen molar-refractivity contribution in [2.24, 2.45) is 5.92 Å². The van der Waals surface area contributed by atoms with Gasteiger partial charge in [0.2, 0.25) is 5.91 Å². The predicted octanol–water partition coefficient (Wildman–Crippen LogP) is -3.11. The molecule has 6 heterocycles. The van der Waals surface area contributed by atoms with Crippen LogP contribution < -0.4 is 5.32 Å². The fraction of sp³-hybridized carbons (Fsp3) is 0.941. The summed E-state index contributed by atoms with van der Waals surface area (Å²) in [7, 11) is 0. The lowest BCUT2D eigenvalue weighted by molar-refractivity contribution is -0.294. The van der Waals surface area contributed by atoms with Crippen molar-refractivity contribution >= 4 is 5.91 Å². The molecule has 10 heteroatoms. The van der Waals surface area contributed by atoms with Gasteiger partial charge < -0.3 is 45.1 Å². The molecule has 6 saturated heterocycles. The summed E-state index contributed by atoms with van der Waals surface area (Å²) in [6, 6.07) is 0. The van der Waals surface area contributed by atoms with Crippen LogP contribution in [0.1, 0.15) is 19.8 Å². The van der Waals surface area contributed by atoms with Gasteiger partial charge in [-0.15, -0.1) is 0 Å². The van der Waals surface area contributed by atoms with E-state index in [0.717, 1.165) is 0 Å². The molecule has 6 aliphatic heterocycles. The molecule has 6 aliphatic rings. The number of aliphatic hydroxyl groups is 5. The molecule has 2 unspecified atom stereocenters. The maximum Gasteiger partial charge on any atom is 0.216 e. The van der Waals surface area contributed by atoms with Crippen molar-refractivity contribution in [1.29, 1.82) is 0 Å². The molecule has 4 bridgehead atoms. The quantitative estimate of drug-likeness (QED) is 0.293. The first-order valence-electron chi connectivity index (χ1n) is 9.35. The van der Waals surface area contributed by atoms with Crippen LogP contribution in [0.25, 0.3) is 0 Å². The molecule has 0 radical (unpaired) electrons. The maximum atomic E-state index is 11.3. The van der Waals surface area contributed by atoms with Crippen LogP contribution in [0.3, 0.4) is 0 Å². The van der Waals surface area contributed by atoms with Gasteiger partial charge in [-0.25, -0.2) is 0 Å². The van der Waals surface area contributed by atoms with E-state index in [4.69, 9.17) is 14.2 Å². The van der Waals surface area contributed by atoms with Crippen molar-refractivity contribution < 1.29 is 44.5 Å². The van der Waals surface area contributed by atoms with Crippen LogP contribution in [-0.2, 0) is 19.0 Å². The molecular weight excluding hydrogens is 362 g/mol. The van der Waals surface area contributed by atoms with Gasteiger partial charge in [0, 0.05) is 26.0 Å². The minimum absolute atomic E-state index is 0.0406. The topological polar surface area (TPSA) is 158 Å². The van der Waals surface area contributed by atoms with Crippen molar-refractivity contribution in [1.82, 2.24) is 5.32 Å². The number of hydrogen-bond donors (Lipinski definition) is 6. The summed E-state index contributed by atoms with van der Waals surface area (Å²) in [5, 5.41) is 54.7. The molecule has 10 atom stereocenters. The van der Waals surface area contributed by atoms with E-state index in [2.05, 4.69) is 5.32 Å². The Hall–Kier alpha value is -0.850. The number of carbonyl (C=O) groups excluding carboxylic acids is 1. The van der Waals surface area contributed by atoms with Crippen molar-refractivity contribution in [3.8, 4) is 0 Å². The highest BCUT2D eigenvalue weighted by molar-refractivity contribution is 5.72. The van der Waals surface area contributed by atoms with Gasteiger partial charge in [0.15, 0.2) is 0 Å². The standard InChI is InChI=1S/C17H29NO9/c1-7(20)18-5-9-16-14(23)15(24)17(27-9)11-10(6-19)26-8(3-2-4-25-16)12(21)13(11)22/h8-17,19,21-24H,2-6H2,1H3,(H,18,20)/t8?,9-,10-,11?,12+,13+,14-,15-,16-,17-/m1/s1. The van der Waals surface area contributed by atoms with Crippen molar-refractivity contribution in [3.05, 3.63) is 0 Å². The third kappa shape index (κ3) is 4.13. The summed E-state index contributed by atoms with van der Waals surface area (Å²) in [6.45, 7) is 1.15. The van der Waals surface area contributed by atoms with E-state index >= 15 is 0 Å². The largest absolute Gasteiger partial charge is 0.394 e. The van der Waals surface area contributed by atoms with Crippen LogP contribution in [-0.4, -0.2) is 106 Å². The van der Waals surface area contributed by atoms with E-state index < -0.39 is 67.5 Å². The Labute approximate surface area is 157 Å². The van der Waals surface area contributed by atoms with Gasteiger partial charge in [-0.05, 0) is 12.8 Å². The minimum Gasteiger partial charge on any atom is -0.394 e.